The van der Waals surface area contributed by atoms with E-state index in [0.29, 0.717) is 11.3 Å². The van der Waals surface area contributed by atoms with Crippen LogP contribution in [0.3, 0.4) is 0 Å². The Morgan fingerprint density at radius 3 is 2.53 bits per heavy atom. The lowest BCUT2D eigenvalue weighted by Crippen LogP contribution is -2.33. The molecule has 0 amide bonds. The van der Waals surface area contributed by atoms with Gasteiger partial charge in [0.1, 0.15) is 5.75 Å². The number of nitro benzene ring substituents is 1. The van der Waals surface area contributed by atoms with Crippen molar-refractivity contribution in [1.82, 2.24) is 0 Å². The van der Waals surface area contributed by atoms with Gasteiger partial charge < -0.3 is 9.64 Å². The fraction of sp³-hybridized carbons (Fsp3) is 0.571. The van der Waals surface area contributed by atoms with E-state index in [1.165, 1.54) is 6.07 Å². The molecule has 1 aromatic carbocycles. The lowest BCUT2D eigenvalue weighted by Gasteiger charge is -2.33. The van der Waals surface area contributed by atoms with Crippen LogP contribution in [-0.2, 0) is 0 Å². The molecule has 0 aromatic heterocycles. The van der Waals surface area contributed by atoms with Crippen LogP contribution in [0, 0.1) is 23.0 Å². The van der Waals surface area contributed by atoms with Gasteiger partial charge in [-0.3, -0.25) is 10.1 Å². The number of benzene rings is 1. The first-order valence-electron chi connectivity index (χ1n) is 6.61. The van der Waals surface area contributed by atoms with Gasteiger partial charge in [0, 0.05) is 18.7 Å². The lowest BCUT2D eigenvalue weighted by molar-refractivity contribution is -0.385. The number of hydrogen-bond donors (Lipinski definition) is 0. The molecule has 1 saturated heterocycles. The topological polar surface area (TPSA) is 55.6 Å². The molecule has 0 saturated carbocycles. The number of rotatable bonds is 3. The molecule has 1 heterocycles. The van der Waals surface area contributed by atoms with Crippen LogP contribution in [-0.4, -0.2) is 25.1 Å². The molecule has 0 radical (unpaired) electrons. The summed E-state index contributed by atoms with van der Waals surface area (Å²) in [6.07, 6.45) is 2.30. The van der Waals surface area contributed by atoms with Crippen molar-refractivity contribution in [3.8, 4) is 5.75 Å². The Morgan fingerprint density at radius 1 is 1.37 bits per heavy atom. The summed E-state index contributed by atoms with van der Waals surface area (Å²) in [4.78, 5) is 12.9. The van der Waals surface area contributed by atoms with Gasteiger partial charge in [-0.1, -0.05) is 6.92 Å². The average Bonchev–Trinajstić information content (AvgIpc) is 2.39. The van der Waals surface area contributed by atoms with Crippen LogP contribution in [0.1, 0.15) is 25.3 Å². The Morgan fingerprint density at radius 2 is 2.00 bits per heavy atom. The van der Waals surface area contributed by atoms with Crippen LogP contribution >= 0.6 is 0 Å². The summed E-state index contributed by atoms with van der Waals surface area (Å²) in [5.41, 5.74) is 1.77. The van der Waals surface area contributed by atoms with E-state index in [4.69, 9.17) is 4.74 Å². The summed E-state index contributed by atoms with van der Waals surface area (Å²) in [7, 11) is 1.56. The Hall–Kier alpha value is -1.78. The van der Waals surface area contributed by atoms with E-state index in [2.05, 4.69) is 11.8 Å². The second kappa shape index (κ2) is 5.47. The number of anilines is 1. The highest BCUT2D eigenvalue weighted by molar-refractivity contribution is 5.65. The third-order valence-corrected chi connectivity index (χ3v) is 3.82. The molecule has 2 rings (SSSR count). The van der Waals surface area contributed by atoms with Gasteiger partial charge in [-0.05, 0) is 31.7 Å². The molecule has 1 aliphatic rings. The van der Waals surface area contributed by atoms with Gasteiger partial charge in [0.25, 0.3) is 5.69 Å². The van der Waals surface area contributed by atoms with Gasteiger partial charge in [-0.2, -0.15) is 0 Å². The monoisotopic (exact) mass is 264 g/mol. The second-order valence-electron chi connectivity index (χ2n) is 5.24. The normalized spacial score (nSPS) is 16.5. The minimum atomic E-state index is -0.361. The number of ether oxygens (including phenoxy) is 1. The summed E-state index contributed by atoms with van der Waals surface area (Å²) >= 11 is 0. The molecule has 104 valence electrons. The molecule has 0 atom stereocenters. The maximum atomic E-state index is 11.0. The predicted octanol–water partition coefficient (Wildman–Crippen LogP) is 3.15. The van der Waals surface area contributed by atoms with Crippen LogP contribution in [0.15, 0.2) is 12.1 Å². The molecule has 0 bridgehead atoms. The largest absolute Gasteiger partial charge is 0.494 e. The average molecular weight is 264 g/mol. The van der Waals surface area contributed by atoms with Crippen LogP contribution in [0.2, 0.25) is 0 Å². The third kappa shape index (κ3) is 2.80. The second-order valence-corrected chi connectivity index (χ2v) is 5.24. The Balaban J connectivity index is 2.34. The maximum Gasteiger partial charge on any atom is 0.276 e. The first kappa shape index (κ1) is 13.6. The third-order valence-electron chi connectivity index (χ3n) is 3.82. The molecule has 5 heteroatoms. The van der Waals surface area contributed by atoms with Gasteiger partial charge in [0.2, 0.25) is 0 Å². The molecular weight excluding hydrogens is 244 g/mol. The van der Waals surface area contributed by atoms with Crippen molar-refractivity contribution in [3.05, 3.63) is 27.8 Å². The summed E-state index contributed by atoms with van der Waals surface area (Å²) in [5.74, 6) is 1.34. The molecule has 0 aliphatic carbocycles. The van der Waals surface area contributed by atoms with Crippen molar-refractivity contribution < 1.29 is 9.66 Å². The van der Waals surface area contributed by atoms with E-state index in [9.17, 15) is 10.1 Å². The van der Waals surface area contributed by atoms with Crippen molar-refractivity contribution in [2.24, 2.45) is 5.92 Å². The van der Waals surface area contributed by atoms with Crippen LogP contribution < -0.4 is 9.64 Å². The summed E-state index contributed by atoms with van der Waals surface area (Å²) in [6.45, 7) is 5.99. The van der Waals surface area contributed by atoms with Crippen molar-refractivity contribution in [2.45, 2.75) is 26.7 Å². The molecule has 1 fully saturated rings. The van der Waals surface area contributed by atoms with Crippen LogP contribution in [0.5, 0.6) is 5.75 Å². The quantitative estimate of drug-likeness (QED) is 0.621. The highest BCUT2D eigenvalue weighted by Gasteiger charge is 2.22. The van der Waals surface area contributed by atoms with E-state index in [1.807, 2.05) is 6.07 Å². The van der Waals surface area contributed by atoms with Gasteiger partial charge in [-0.25, -0.2) is 0 Å². The van der Waals surface area contributed by atoms with E-state index in [1.54, 1.807) is 14.0 Å². The number of hydrogen-bond acceptors (Lipinski definition) is 4. The molecule has 0 unspecified atom stereocenters. The number of nitro groups is 1. The molecule has 19 heavy (non-hydrogen) atoms. The smallest absolute Gasteiger partial charge is 0.276 e. The molecule has 1 aromatic rings. The summed E-state index contributed by atoms with van der Waals surface area (Å²) < 4.78 is 5.33. The van der Waals surface area contributed by atoms with Gasteiger partial charge in [0.05, 0.1) is 23.8 Å². The Kier molecular flexibility index (Phi) is 3.93. The van der Waals surface area contributed by atoms with Crippen molar-refractivity contribution >= 4 is 11.4 Å². The molecule has 0 spiro atoms. The van der Waals surface area contributed by atoms with Crippen LogP contribution in [0.25, 0.3) is 0 Å². The Labute approximate surface area is 113 Å². The zero-order valence-electron chi connectivity index (χ0n) is 11.7. The molecule has 1 aliphatic heterocycles. The molecule has 0 N–H and O–H groups in total. The highest BCUT2D eigenvalue weighted by Crippen LogP contribution is 2.36. The highest BCUT2D eigenvalue weighted by atomic mass is 16.6. The van der Waals surface area contributed by atoms with Gasteiger partial charge in [0.15, 0.2) is 0 Å². The minimum absolute atomic E-state index is 0.117. The predicted molar refractivity (Wildman–Crippen MR) is 75.0 cm³/mol. The lowest BCUT2D eigenvalue weighted by atomic mass is 9.98. The molecule has 5 nitrogen and oxygen atoms in total. The van der Waals surface area contributed by atoms with Gasteiger partial charge in [-0.15, -0.1) is 0 Å². The van der Waals surface area contributed by atoms with Crippen molar-refractivity contribution in [2.75, 3.05) is 25.1 Å². The first-order valence-corrected chi connectivity index (χ1v) is 6.61. The minimum Gasteiger partial charge on any atom is -0.494 e. The zero-order chi connectivity index (χ0) is 14.0. The van der Waals surface area contributed by atoms with Crippen molar-refractivity contribution in [1.29, 1.82) is 0 Å². The first-order chi connectivity index (χ1) is 9.02. The SMILES string of the molecule is COc1cc([N+](=O)[O-])c(C)cc1N1CCC(C)CC1. The van der Waals surface area contributed by atoms with E-state index >= 15 is 0 Å². The zero-order valence-corrected chi connectivity index (χ0v) is 11.7. The maximum absolute atomic E-state index is 11.0. The standard InChI is InChI=1S/C14H20N2O3/c1-10-4-6-15(7-5-10)13-8-11(2)12(16(17)18)9-14(13)19-3/h8-10H,4-7H2,1-3H3. The van der Waals surface area contributed by atoms with Crippen molar-refractivity contribution in [3.63, 3.8) is 0 Å². The number of methoxy groups -OCH3 is 1. The van der Waals surface area contributed by atoms with Gasteiger partial charge >= 0.3 is 0 Å². The van der Waals surface area contributed by atoms with E-state index in [-0.39, 0.29) is 10.6 Å². The number of nitrogens with zero attached hydrogens (tertiary/aromatic N) is 2. The van der Waals surface area contributed by atoms with E-state index < -0.39 is 0 Å². The fourth-order valence-electron chi connectivity index (χ4n) is 2.52. The number of piperidine rings is 1. The molecular formula is C14H20N2O3. The van der Waals surface area contributed by atoms with E-state index in [0.717, 1.165) is 37.5 Å². The number of aryl methyl sites for hydroxylation is 1. The van der Waals surface area contributed by atoms with Crippen LogP contribution in [0.4, 0.5) is 11.4 Å². The Bertz CT molecular complexity index is 480. The summed E-state index contributed by atoms with van der Waals surface area (Å²) in [5, 5.41) is 11.0. The summed E-state index contributed by atoms with van der Waals surface area (Å²) in [6, 6.07) is 3.40. The fourth-order valence-corrected chi connectivity index (χ4v) is 2.52.